The zero-order valence-electron chi connectivity index (χ0n) is 28.4. The number of carboxylic acids is 1. The van der Waals surface area contributed by atoms with Crippen molar-refractivity contribution in [1.29, 1.82) is 0 Å². The number of carbonyl (C=O) groups excluding carboxylic acids is 2. The van der Waals surface area contributed by atoms with Crippen LogP contribution in [0.25, 0.3) is 33.1 Å². The minimum absolute atomic E-state index is 0.0179. The van der Waals surface area contributed by atoms with Gasteiger partial charge < -0.3 is 35.3 Å². The summed E-state index contributed by atoms with van der Waals surface area (Å²) in [6.45, 7) is 3.87. The van der Waals surface area contributed by atoms with Crippen LogP contribution in [0.5, 0.6) is 11.5 Å². The van der Waals surface area contributed by atoms with Crippen LogP contribution in [0.15, 0.2) is 65.1 Å². The fourth-order valence-corrected chi connectivity index (χ4v) is 6.26. The molecule has 0 radical (unpaired) electrons. The molecule has 3 atom stereocenters. The average Bonchev–Trinajstić information content (AvgIpc) is 3.77. The van der Waals surface area contributed by atoms with Gasteiger partial charge >= 0.3 is 12.1 Å². The Kier molecular flexibility index (Phi) is 9.82. The molecule has 3 heterocycles. The van der Waals surface area contributed by atoms with Gasteiger partial charge in [-0.05, 0) is 68.8 Å². The average molecular weight is 720 g/mol. The van der Waals surface area contributed by atoms with Crippen LogP contribution in [0.3, 0.4) is 0 Å². The van der Waals surface area contributed by atoms with E-state index in [1.54, 1.807) is 36.1 Å². The first kappa shape index (κ1) is 36.1. The first-order valence-electron chi connectivity index (χ1n) is 16.5. The van der Waals surface area contributed by atoms with Crippen LogP contribution in [0.1, 0.15) is 71.5 Å². The van der Waals surface area contributed by atoms with Gasteiger partial charge in [-0.25, -0.2) is 14.8 Å². The number of aromatic hydroxyl groups is 1. The number of methoxy groups -OCH3 is 1. The summed E-state index contributed by atoms with van der Waals surface area (Å²) in [7, 11) is 1.34. The van der Waals surface area contributed by atoms with Crippen LogP contribution < -0.4 is 15.8 Å². The van der Waals surface area contributed by atoms with Gasteiger partial charge in [-0.1, -0.05) is 30.3 Å². The van der Waals surface area contributed by atoms with Crippen molar-refractivity contribution in [1.82, 2.24) is 20.2 Å². The highest BCUT2D eigenvalue weighted by atomic mass is 19.4. The summed E-state index contributed by atoms with van der Waals surface area (Å²) in [6.07, 6.45) is -2.24. The van der Waals surface area contributed by atoms with Crippen LogP contribution in [0.4, 0.5) is 13.2 Å². The molecule has 1 saturated heterocycles. The number of halogens is 3. The molecule has 1 aliphatic heterocycles. The number of amides is 2. The second-order valence-electron chi connectivity index (χ2n) is 12.9. The number of fused-ring (bicyclic) bond motifs is 2. The molecule has 5 N–H and O–H groups in total. The predicted molar refractivity (Wildman–Crippen MR) is 184 cm³/mol. The van der Waals surface area contributed by atoms with Crippen molar-refractivity contribution in [2.24, 2.45) is 11.7 Å². The molecule has 2 aromatic heterocycles. The van der Waals surface area contributed by atoms with Gasteiger partial charge in [-0.2, -0.15) is 13.2 Å². The standard InChI is InChI=1S/C26H28F3N5O4.C11H8O3/c1-12-10-15(31-23(35)14-4-5-14)11-34(12)25(36)21-22(13(2)30)38-24(33-21)17-6-8-18(37-3)20-16(17)7-9-19(32-20)26(27,28)29;12-10-8-4-2-1-3-7(8)5-6-9(10)11(13)14/h6-9,12-15H,4-5,10-11,30H2,1-3H3,(H,31,35);1-6,12H,(H,13,14)/t12-,13+,15-;/m1./s1. The van der Waals surface area contributed by atoms with Crippen molar-refractivity contribution in [3.05, 3.63) is 83.4 Å². The molecule has 1 saturated carbocycles. The van der Waals surface area contributed by atoms with E-state index in [0.717, 1.165) is 24.3 Å². The molecule has 7 rings (SSSR count). The largest absolute Gasteiger partial charge is 0.506 e. The van der Waals surface area contributed by atoms with Gasteiger partial charge in [0.1, 0.15) is 28.3 Å². The first-order valence-corrected chi connectivity index (χ1v) is 16.5. The zero-order chi connectivity index (χ0) is 37.5. The van der Waals surface area contributed by atoms with E-state index in [4.69, 9.17) is 20.0 Å². The van der Waals surface area contributed by atoms with Crippen LogP contribution in [-0.4, -0.2) is 68.6 Å². The number of oxazole rings is 1. The van der Waals surface area contributed by atoms with Crippen LogP contribution >= 0.6 is 0 Å². The van der Waals surface area contributed by atoms with E-state index >= 15 is 0 Å². The number of nitrogens with zero attached hydrogens (tertiary/aromatic N) is 3. The monoisotopic (exact) mass is 719 g/mol. The molecule has 0 spiro atoms. The number of hydrogen-bond donors (Lipinski definition) is 4. The zero-order valence-corrected chi connectivity index (χ0v) is 28.4. The molecule has 2 fully saturated rings. The van der Waals surface area contributed by atoms with E-state index in [1.807, 2.05) is 19.1 Å². The molecule has 12 nitrogen and oxygen atoms in total. The maximum absolute atomic E-state index is 13.6. The van der Waals surface area contributed by atoms with Crippen molar-refractivity contribution >= 4 is 39.5 Å². The number of nitrogens with one attached hydrogen (secondary N) is 1. The third-order valence-corrected chi connectivity index (χ3v) is 9.09. The summed E-state index contributed by atoms with van der Waals surface area (Å²) >= 11 is 0. The van der Waals surface area contributed by atoms with Gasteiger partial charge in [0.05, 0.1) is 13.2 Å². The van der Waals surface area contributed by atoms with Gasteiger partial charge in [0.15, 0.2) is 11.5 Å². The molecule has 2 amide bonds. The maximum atomic E-state index is 13.6. The molecular weight excluding hydrogens is 683 g/mol. The number of aromatic carboxylic acids is 1. The number of ether oxygens (including phenoxy) is 1. The number of carboxylic acid groups (broad SMARTS) is 1. The summed E-state index contributed by atoms with van der Waals surface area (Å²) in [6, 6.07) is 14.4. The number of aromatic nitrogens is 2. The summed E-state index contributed by atoms with van der Waals surface area (Å²) in [5.74, 6) is -1.26. The molecule has 0 unspecified atom stereocenters. The van der Waals surface area contributed by atoms with Crippen LogP contribution in [0.2, 0.25) is 0 Å². The highest BCUT2D eigenvalue weighted by molar-refractivity contribution is 6.00. The van der Waals surface area contributed by atoms with E-state index in [0.29, 0.717) is 29.3 Å². The Hall–Kier alpha value is -5.70. The first-order chi connectivity index (χ1) is 24.7. The highest BCUT2D eigenvalue weighted by Crippen LogP contribution is 2.38. The molecular formula is C37H36F3N5O7. The SMILES string of the molecule is COc1ccc(-c2nc(C(=O)N3C[C@H](NC(=O)C4CC4)C[C@H]3C)c([C@H](C)N)o2)c2ccc(C(F)(F)F)nc12.O=C(O)c1ccc2ccccc2c1O. The number of nitrogens with two attached hydrogens (primary N) is 1. The number of alkyl halides is 3. The van der Waals surface area contributed by atoms with E-state index in [1.165, 1.54) is 25.3 Å². The van der Waals surface area contributed by atoms with E-state index < -0.39 is 29.8 Å². The molecule has 1 aliphatic carbocycles. The highest BCUT2D eigenvalue weighted by Gasteiger charge is 2.39. The lowest BCUT2D eigenvalue weighted by atomic mass is 10.1. The lowest BCUT2D eigenvalue weighted by Crippen LogP contribution is -2.40. The van der Waals surface area contributed by atoms with E-state index in [-0.39, 0.29) is 63.8 Å². The second kappa shape index (κ2) is 14.1. The predicted octanol–water partition coefficient (Wildman–Crippen LogP) is 6.31. The Morgan fingerprint density at radius 3 is 2.42 bits per heavy atom. The van der Waals surface area contributed by atoms with Gasteiger partial charge in [-0.15, -0.1) is 0 Å². The van der Waals surface area contributed by atoms with Crippen LogP contribution in [0, 0.1) is 5.92 Å². The molecule has 15 heteroatoms. The number of likely N-dealkylation sites (tertiary alicyclic amines) is 1. The number of hydrogen-bond acceptors (Lipinski definition) is 9. The molecule has 3 aromatic carbocycles. The number of benzene rings is 3. The molecule has 272 valence electrons. The third-order valence-electron chi connectivity index (χ3n) is 9.09. The van der Waals surface area contributed by atoms with Gasteiger partial charge in [0, 0.05) is 40.9 Å². The Morgan fingerprint density at radius 1 is 1.04 bits per heavy atom. The number of rotatable bonds is 7. The normalized spacial score (nSPS) is 17.8. The van der Waals surface area contributed by atoms with E-state index in [9.17, 15) is 32.7 Å². The summed E-state index contributed by atoms with van der Waals surface area (Å²) in [4.78, 5) is 46.4. The van der Waals surface area contributed by atoms with Crippen LogP contribution in [-0.2, 0) is 11.0 Å². The lowest BCUT2D eigenvalue weighted by molar-refractivity contribution is -0.141. The number of pyridine rings is 1. The minimum atomic E-state index is -4.64. The maximum Gasteiger partial charge on any atom is 0.433 e. The molecule has 0 bridgehead atoms. The lowest BCUT2D eigenvalue weighted by Gasteiger charge is -2.21. The van der Waals surface area contributed by atoms with Crippen molar-refractivity contribution < 1.29 is 46.9 Å². The number of phenols is 1. The molecule has 2 aliphatic rings. The van der Waals surface area contributed by atoms with Gasteiger partial charge in [0.25, 0.3) is 5.91 Å². The topological polar surface area (TPSA) is 181 Å². The van der Waals surface area contributed by atoms with Gasteiger partial charge in [-0.3, -0.25) is 9.59 Å². The fraction of sp³-hybridized carbons (Fsp3) is 0.324. The second-order valence-corrected chi connectivity index (χ2v) is 12.9. The Morgan fingerprint density at radius 2 is 1.77 bits per heavy atom. The minimum Gasteiger partial charge on any atom is -0.506 e. The Balaban J connectivity index is 0.000000276. The summed E-state index contributed by atoms with van der Waals surface area (Å²) in [5.41, 5.74) is 5.34. The molecule has 5 aromatic rings. The summed E-state index contributed by atoms with van der Waals surface area (Å²) < 4.78 is 51.1. The Bertz CT molecular complexity index is 2180. The van der Waals surface area contributed by atoms with Crippen molar-refractivity contribution in [3.63, 3.8) is 0 Å². The third kappa shape index (κ3) is 7.21. The summed E-state index contributed by atoms with van der Waals surface area (Å²) in [5, 5.41) is 23.1. The van der Waals surface area contributed by atoms with Crippen molar-refractivity contribution in [3.8, 4) is 23.0 Å². The van der Waals surface area contributed by atoms with E-state index in [2.05, 4.69) is 15.3 Å². The fourth-order valence-electron chi connectivity index (χ4n) is 6.26. The van der Waals surface area contributed by atoms with Crippen molar-refractivity contribution in [2.75, 3.05) is 13.7 Å². The molecule has 52 heavy (non-hydrogen) atoms. The number of carbonyl (C=O) groups is 3. The van der Waals surface area contributed by atoms with Crippen molar-refractivity contribution in [2.45, 2.75) is 57.4 Å². The van der Waals surface area contributed by atoms with Gasteiger partial charge in [0.2, 0.25) is 11.8 Å². The Labute approximate surface area is 295 Å². The smallest absolute Gasteiger partial charge is 0.433 e. The quantitative estimate of drug-likeness (QED) is 0.149.